The fourth-order valence-corrected chi connectivity index (χ4v) is 1.06. The van der Waals surface area contributed by atoms with Crippen LogP contribution < -0.4 is 0 Å². The second-order valence-corrected chi connectivity index (χ2v) is 2.57. The highest BCUT2D eigenvalue weighted by Crippen LogP contribution is 2.18. The average Bonchev–Trinajstić information content (AvgIpc) is 2.05. The summed E-state index contributed by atoms with van der Waals surface area (Å²) in [6.07, 6.45) is 1.66. The van der Waals surface area contributed by atoms with Gasteiger partial charge in [-0.1, -0.05) is 19.1 Å². The number of aromatic hydroxyl groups is 1. The van der Waals surface area contributed by atoms with Crippen molar-refractivity contribution in [2.45, 2.75) is 19.8 Å². The summed E-state index contributed by atoms with van der Waals surface area (Å²) in [6.45, 7) is 5.83. The first-order valence-electron chi connectivity index (χ1n) is 3.88. The summed E-state index contributed by atoms with van der Waals surface area (Å²) in [6, 6.07) is 5.68. The Bertz CT molecular complexity index is 241. The molecule has 0 aliphatic carbocycles. The number of hydrogen-bond donors (Lipinski definition) is 1. The van der Waals surface area contributed by atoms with Crippen LogP contribution in [0.5, 0.6) is 5.75 Å². The molecule has 0 aromatic heterocycles. The molecule has 0 heterocycles. The van der Waals surface area contributed by atoms with E-state index in [0.717, 1.165) is 12.0 Å². The molecule has 0 aliphatic heterocycles. The molecule has 1 heteroatoms. The van der Waals surface area contributed by atoms with Crippen LogP contribution in [0.25, 0.3) is 0 Å². The summed E-state index contributed by atoms with van der Waals surface area (Å²) in [7, 11) is 0. The molecule has 1 N–H and O–H groups in total. The van der Waals surface area contributed by atoms with E-state index in [-0.39, 0.29) is 0 Å². The highest BCUT2D eigenvalue weighted by atomic mass is 16.3. The minimum Gasteiger partial charge on any atom is -0.508 e. The Morgan fingerprint density at radius 3 is 2.73 bits per heavy atom. The van der Waals surface area contributed by atoms with Crippen LogP contribution in [0.1, 0.15) is 18.1 Å². The van der Waals surface area contributed by atoms with Crippen LogP contribution in [0, 0.1) is 6.92 Å². The maximum absolute atomic E-state index is 9.29. The quantitative estimate of drug-likeness (QED) is 0.684. The Morgan fingerprint density at radius 1 is 1.45 bits per heavy atom. The lowest BCUT2D eigenvalue weighted by Gasteiger charge is -2.02. The third-order valence-corrected chi connectivity index (χ3v) is 1.82. The van der Waals surface area contributed by atoms with Gasteiger partial charge in [-0.05, 0) is 37.0 Å². The minimum atomic E-state index is 0.359. The Labute approximate surface area is 67.7 Å². The molecule has 1 aromatic carbocycles. The summed E-state index contributed by atoms with van der Waals surface area (Å²) in [5.41, 5.74) is 2.19. The van der Waals surface area contributed by atoms with Crippen molar-refractivity contribution in [1.82, 2.24) is 0 Å². The molecule has 0 bridgehead atoms. The van der Waals surface area contributed by atoms with Crippen LogP contribution in [0.15, 0.2) is 18.2 Å². The second kappa shape index (κ2) is 3.42. The maximum Gasteiger partial charge on any atom is 0.118 e. The summed E-state index contributed by atoms with van der Waals surface area (Å²) in [5, 5.41) is 9.29. The molecular formula is C10H13O. The van der Waals surface area contributed by atoms with Crippen molar-refractivity contribution in [1.29, 1.82) is 0 Å². The molecule has 0 fully saturated rings. The van der Waals surface area contributed by atoms with Crippen LogP contribution >= 0.6 is 0 Å². The van der Waals surface area contributed by atoms with E-state index in [1.807, 2.05) is 12.1 Å². The molecule has 11 heavy (non-hydrogen) atoms. The first-order valence-corrected chi connectivity index (χ1v) is 3.88. The third kappa shape index (κ3) is 1.73. The summed E-state index contributed by atoms with van der Waals surface area (Å²) >= 11 is 0. The highest BCUT2D eigenvalue weighted by molar-refractivity contribution is 5.36. The molecule has 0 unspecified atom stereocenters. The lowest BCUT2D eigenvalue weighted by molar-refractivity contribution is 0.469. The van der Waals surface area contributed by atoms with E-state index in [4.69, 9.17) is 0 Å². The van der Waals surface area contributed by atoms with Gasteiger partial charge in [0.2, 0.25) is 0 Å². The predicted octanol–water partition coefficient (Wildman–Crippen LogP) is 2.33. The average molecular weight is 149 g/mol. The smallest absolute Gasteiger partial charge is 0.118 e. The van der Waals surface area contributed by atoms with Crippen LogP contribution in [-0.2, 0) is 12.8 Å². The SMILES string of the molecule is [CH2]Cc1cc(CC)ccc1O. The van der Waals surface area contributed by atoms with Crippen LogP contribution in [0.4, 0.5) is 0 Å². The van der Waals surface area contributed by atoms with E-state index >= 15 is 0 Å². The standard InChI is InChI=1S/C10H13O/c1-3-8-5-6-10(11)9(4-2)7-8/h5-7,11H,2-4H2,1H3. The number of hydrogen-bond acceptors (Lipinski definition) is 1. The predicted molar refractivity (Wildman–Crippen MR) is 46.5 cm³/mol. The fraction of sp³-hybridized carbons (Fsp3) is 0.300. The summed E-state index contributed by atoms with van der Waals surface area (Å²) in [4.78, 5) is 0. The van der Waals surface area contributed by atoms with Gasteiger partial charge in [0, 0.05) is 0 Å². The van der Waals surface area contributed by atoms with Crippen LogP contribution in [0.3, 0.4) is 0 Å². The largest absolute Gasteiger partial charge is 0.508 e. The number of rotatable bonds is 2. The molecule has 0 saturated carbocycles. The van der Waals surface area contributed by atoms with Crippen molar-refractivity contribution in [2.75, 3.05) is 0 Å². The first kappa shape index (κ1) is 8.12. The molecule has 0 saturated heterocycles. The van der Waals surface area contributed by atoms with Gasteiger partial charge >= 0.3 is 0 Å². The second-order valence-electron chi connectivity index (χ2n) is 2.57. The van der Waals surface area contributed by atoms with Gasteiger partial charge in [0.05, 0.1) is 0 Å². The van der Waals surface area contributed by atoms with Gasteiger partial charge in [-0.3, -0.25) is 0 Å². The van der Waals surface area contributed by atoms with Crippen molar-refractivity contribution in [3.8, 4) is 5.75 Å². The Morgan fingerprint density at radius 2 is 2.18 bits per heavy atom. The van der Waals surface area contributed by atoms with Crippen molar-refractivity contribution >= 4 is 0 Å². The lowest BCUT2D eigenvalue weighted by Crippen LogP contribution is -1.85. The van der Waals surface area contributed by atoms with Gasteiger partial charge in [-0.2, -0.15) is 0 Å². The molecule has 0 spiro atoms. The van der Waals surface area contributed by atoms with E-state index in [9.17, 15) is 5.11 Å². The van der Waals surface area contributed by atoms with Crippen LogP contribution in [-0.4, -0.2) is 5.11 Å². The molecule has 1 radical (unpaired) electrons. The molecule has 1 aromatic rings. The molecular weight excluding hydrogens is 136 g/mol. The number of aryl methyl sites for hydroxylation is 1. The van der Waals surface area contributed by atoms with Crippen LogP contribution in [0.2, 0.25) is 0 Å². The van der Waals surface area contributed by atoms with Gasteiger partial charge in [-0.15, -0.1) is 0 Å². The monoisotopic (exact) mass is 149 g/mol. The normalized spacial score (nSPS) is 10.0. The highest BCUT2D eigenvalue weighted by Gasteiger charge is 1.98. The number of phenols is 1. The van der Waals surface area contributed by atoms with E-state index in [1.54, 1.807) is 6.07 Å². The molecule has 0 amide bonds. The minimum absolute atomic E-state index is 0.359. The number of phenolic OH excluding ortho intramolecular Hbond substituents is 1. The van der Waals surface area contributed by atoms with Gasteiger partial charge in [0.25, 0.3) is 0 Å². The van der Waals surface area contributed by atoms with Gasteiger partial charge in [0.1, 0.15) is 5.75 Å². The maximum atomic E-state index is 9.29. The lowest BCUT2D eigenvalue weighted by atomic mass is 10.1. The zero-order valence-electron chi connectivity index (χ0n) is 6.80. The van der Waals surface area contributed by atoms with Crippen molar-refractivity contribution in [3.63, 3.8) is 0 Å². The van der Waals surface area contributed by atoms with E-state index in [2.05, 4.69) is 13.8 Å². The number of benzene rings is 1. The molecule has 1 rings (SSSR count). The third-order valence-electron chi connectivity index (χ3n) is 1.82. The van der Waals surface area contributed by atoms with Gasteiger partial charge in [-0.25, -0.2) is 0 Å². The first-order chi connectivity index (χ1) is 5.27. The molecule has 0 aliphatic rings. The Kier molecular flexibility index (Phi) is 2.53. The van der Waals surface area contributed by atoms with Crippen molar-refractivity contribution < 1.29 is 5.11 Å². The van der Waals surface area contributed by atoms with Gasteiger partial charge < -0.3 is 5.11 Å². The van der Waals surface area contributed by atoms with Crippen molar-refractivity contribution in [2.24, 2.45) is 0 Å². The summed E-state index contributed by atoms with van der Waals surface area (Å²) < 4.78 is 0. The topological polar surface area (TPSA) is 20.2 Å². The van der Waals surface area contributed by atoms with E-state index < -0.39 is 0 Å². The van der Waals surface area contributed by atoms with E-state index in [0.29, 0.717) is 12.2 Å². The molecule has 59 valence electrons. The molecule has 0 atom stereocenters. The Balaban J connectivity index is 3.02. The summed E-state index contributed by atoms with van der Waals surface area (Å²) in [5.74, 6) is 0.359. The van der Waals surface area contributed by atoms with Gasteiger partial charge in [0.15, 0.2) is 0 Å². The van der Waals surface area contributed by atoms with Crippen molar-refractivity contribution in [3.05, 3.63) is 36.2 Å². The van der Waals surface area contributed by atoms with E-state index in [1.165, 1.54) is 5.56 Å². The fourth-order valence-electron chi connectivity index (χ4n) is 1.06. The zero-order chi connectivity index (χ0) is 8.27. The Hall–Kier alpha value is -0.980. The zero-order valence-corrected chi connectivity index (χ0v) is 6.80. The molecule has 1 nitrogen and oxygen atoms in total.